The van der Waals surface area contributed by atoms with E-state index in [0.717, 1.165) is 24.0 Å². The van der Waals surface area contributed by atoms with E-state index in [-0.39, 0.29) is 35.5 Å². The molecule has 5 unspecified atom stereocenters. The summed E-state index contributed by atoms with van der Waals surface area (Å²) in [7, 11) is -0.563. The zero-order valence-corrected chi connectivity index (χ0v) is 22.5. The number of halogens is 3. The van der Waals surface area contributed by atoms with Gasteiger partial charge in [-0.1, -0.05) is 56.3 Å². The van der Waals surface area contributed by atoms with Crippen molar-refractivity contribution >= 4 is 13.0 Å². The molecule has 2 aromatic rings. The Morgan fingerprint density at radius 3 is 2.38 bits per heavy atom. The zero-order chi connectivity index (χ0) is 28.0. The number of nitrogens with two attached hydrogens (primary N) is 1. The predicted molar refractivity (Wildman–Crippen MR) is 142 cm³/mol. The molecule has 6 rings (SSSR count). The third-order valence-corrected chi connectivity index (χ3v) is 9.18. The van der Waals surface area contributed by atoms with E-state index >= 15 is 0 Å². The molecule has 4 aliphatic rings. The average molecular weight is 544 g/mol. The van der Waals surface area contributed by atoms with Crippen LogP contribution in [-0.2, 0) is 26.9 Å². The number of carbonyl (C=O) groups is 1. The van der Waals surface area contributed by atoms with Gasteiger partial charge in [-0.15, -0.1) is 13.2 Å². The van der Waals surface area contributed by atoms with Gasteiger partial charge in [0, 0.05) is 12.4 Å². The maximum absolute atomic E-state index is 12.9. The quantitative estimate of drug-likeness (QED) is 0.439. The van der Waals surface area contributed by atoms with E-state index < -0.39 is 25.1 Å². The molecule has 3 aliphatic carbocycles. The van der Waals surface area contributed by atoms with Crippen LogP contribution in [0.4, 0.5) is 13.2 Å². The molecular weight excluding hydrogens is 508 g/mol. The average Bonchev–Trinajstić information content (AvgIpc) is 3.24. The number of hydrogen-bond acceptors (Lipinski definition) is 5. The minimum atomic E-state index is -4.75. The van der Waals surface area contributed by atoms with Crippen molar-refractivity contribution < 1.29 is 32.0 Å². The normalized spacial score (nSPS) is 28.7. The molecule has 4 fully saturated rings. The fourth-order valence-corrected chi connectivity index (χ4v) is 6.82. The molecule has 1 amide bonds. The maximum Gasteiger partial charge on any atom is 0.573 e. The lowest BCUT2D eigenvalue weighted by Gasteiger charge is -2.64. The molecular formula is C29H36BF3N2O4. The van der Waals surface area contributed by atoms with Gasteiger partial charge in [-0.05, 0) is 73.1 Å². The van der Waals surface area contributed by atoms with Crippen LogP contribution in [0.25, 0.3) is 0 Å². The number of alkyl halides is 3. The molecule has 2 aromatic carbocycles. The summed E-state index contributed by atoms with van der Waals surface area (Å²) in [5, 5.41) is 2.98. The van der Waals surface area contributed by atoms with Crippen molar-refractivity contribution in [3.8, 4) is 5.75 Å². The van der Waals surface area contributed by atoms with Gasteiger partial charge in [-0.2, -0.15) is 0 Å². The number of ether oxygens (including phenoxy) is 1. The summed E-state index contributed by atoms with van der Waals surface area (Å²) in [5.41, 5.74) is 7.72. The first-order chi connectivity index (χ1) is 18.3. The Kier molecular flexibility index (Phi) is 7.50. The SMILES string of the molecule is CC1(C)C2CC3OB(C(CNC(=O)C(N)Cc4ccccc4)Cc4ccc(OC(F)(F)F)cc4)O[C@]3(C)C1C2. The lowest BCUT2D eigenvalue weighted by molar-refractivity contribution is -0.274. The second kappa shape index (κ2) is 10.4. The largest absolute Gasteiger partial charge is 0.573 e. The van der Waals surface area contributed by atoms with E-state index in [4.69, 9.17) is 15.0 Å². The zero-order valence-electron chi connectivity index (χ0n) is 22.5. The van der Waals surface area contributed by atoms with Gasteiger partial charge in [-0.25, -0.2) is 0 Å². The first-order valence-electron chi connectivity index (χ1n) is 13.6. The van der Waals surface area contributed by atoms with E-state index in [9.17, 15) is 18.0 Å². The number of hydrogen-bond donors (Lipinski definition) is 2. The van der Waals surface area contributed by atoms with Crippen molar-refractivity contribution in [3.05, 3.63) is 65.7 Å². The molecule has 0 spiro atoms. The molecule has 39 heavy (non-hydrogen) atoms. The molecule has 210 valence electrons. The highest BCUT2D eigenvalue weighted by Gasteiger charge is 2.68. The highest BCUT2D eigenvalue weighted by atomic mass is 19.4. The van der Waals surface area contributed by atoms with Crippen LogP contribution in [0.2, 0.25) is 5.82 Å². The topological polar surface area (TPSA) is 82.8 Å². The Balaban J connectivity index is 1.29. The van der Waals surface area contributed by atoms with Crippen LogP contribution in [0, 0.1) is 17.3 Å². The summed E-state index contributed by atoms with van der Waals surface area (Å²) in [6.45, 7) is 6.97. The van der Waals surface area contributed by atoms with E-state index in [0.29, 0.717) is 24.7 Å². The summed E-state index contributed by atoms with van der Waals surface area (Å²) >= 11 is 0. The Bertz CT molecular complexity index is 1160. The Labute approximate surface area is 227 Å². The van der Waals surface area contributed by atoms with E-state index in [2.05, 4.69) is 30.8 Å². The number of carbonyl (C=O) groups excluding carboxylic acids is 1. The van der Waals surface area contributed by atoms with Crippen LogP contribution in [0.1, 0.15) is 44.7 Å². The fraction of sp³-hybridized carbons (Fsp3) is 0.552. The molecule has 0 radical (unpaired) electrons. The fourth-order valence-electron chi connectivity index (χ4n) is 6.82. The molecule has 3 saturated carbocycles. The van der Waals surface area contributed by atoms with Crippen LogP contribution < -0.4 is 15.8 Å². The lowest BCUT2D eigenvalue weighted by Crippen LogP contribution is -2.65. The molecule has 6 atom stereocenters. The minimum absolute atomic E-state index is 0.0274. The van der Waals surface area contributed by atoms with Gasteiger partial charge in [0.2, 0.25) is 5.91 Å². The van der Waals surface area contributed by atoms with Gasteiger partial charge in [0.25, 0.3) is 0 Å². The molecule has 1 saturated heterocycles. The van der Waals surface area contributed by atoms with Gasteiger partial charge in [0.15, 0.2) is 0 Å². The summed E-state index contributed by atoms with van der Waals surface area (Å²) in [6, 6.07) is 14.6. The van der Waals surface area contributed by atoms with E-state index in [1.165, 1.54) is 12.1 Å². The summed E-state index contributed by atoms with van der Waals surface area (Å²) in [5.74, 6) is 0.153. The second-order valence-electron chi connectivity index (χ2n) is 12.0. The van der Waals surface area contributed by atoms with Crippen molar-refractivity contribution in [2.75, 3.05) is 6.54 Å². The maximum atomic E-state index is 12.9. The second-order valence-corrected chi connectivity index (χ2v) is 12.0. The monoisotopic (exact) mass is 544 g/mol. The van der Waals surface area contributed by atoms with Crippen molar-refractivity contribution in [1.82, 2.24) is 5.32 Å². The smallest absolute Gasteiger partial charge is 0.406 e. The summed E-state index contributed by atoms with van der Waals surface area (Å²) in [6.07, 6.45) is -1.88. The summed E-state index contributed by atoms with van der Waals surface area (Å²) in [4.78, 5) is 12.9. The number of nitrogens with one attached hydrogen (secondary N) is 1. The van der Waals surface area contributed by atoms with Crippen LogP contribution in [0.15, 0.2) is 54.6 Å². The molecule has 10 heteroatoms. The van der Waals surface area contributed by atoms with E-state index in [1.54, 1.807) is 12.1 Å². The third-order valence-electron chi connectivity index (χ3n) is 9.18. The van der Waals surface area contributed by atoms with Gasteiger partial charge < -0.3 is 25.1 Å². The van der Waals surface area contributed by atoms with Gasteiger partial charge >= 0.3 is 13.5 Å². The van der Waals surface area contributed by atoms with Gasteiger partial charge in [0.1, 0.15) is 5.75 Å². The number of rotatable bonds is 9. The molecule has 0 aromatic heterocycles. The van der Waals surface area contributed by atoms with Crippen molar-refractivity contribution in [3.63, 3.8) is 0 Å². The van der Waals surface area contributed by atoms with Crippen molar-refractivity contribution in [1.29, 1.82) is 0 Å². The molecule has 1 heterocycles. The Morgan fingerprint density at radius 2 is 1.74 bits per heavy atom. The standard InChI is InChI=1S/C29H36BF3N2O4/c1-27(2)20-15-24(27)28(3)25(16-20)38-30(39-28)21(13-19-9-11-22(12-10-19)37-29(31,32)33)17-35-26(36)23(34)14-18-7-5-4-6-8-18/h4-12,20-21,23-25H,13-17,34H2,1-3H3,(H,35,36)/t20?,21?,23?,24?,25?,28-/m1/s1. The molecule has 3 N–H and O–H groups in total. The molecule has 2 bridgehead atoms. The van der Waals surface area contributed by atoms with Crippen LogP contribution in [0.3, 0.4) is 0 Å². The third kappa shape index (κ3) is 5.83. The van der Waals surface area contributed by atoms with Crippen LogP contribution in [-0.4, -0.2) is 43.7 Å². The Hall–Kier alpha value is -2.56. The lowest BCUT2D eigenvalue weighted by atomic mass is 9.43. The highest BCUT2D eigenvalue weighted by molar-refractivity contribution is 6.47. The van der Waals surface area contributed by atoms with Gasteiger partial charge in [0.05, 0.1) is 17.7 Å². The summed E-state index contributed by atoms with van der Waals surface area (Å²) < 4.78 is 55.0. The van der Waals surface area contributed by atoms with E-state index in [1.807, 2.05) is 30.3 Å². The highest BCUT2D eigenvalue weighted by Crippen LogP contribution is 2.66. The molecule has 1 aliphatic heterocycles. The van der Waals surface area contributed by atoms with Crippen LogP contribution >= 0.6 is 0 Å². The minimum Gasteiger partial charge on any atom is -0.406 e. The van der Waals surface area contributed by atoms with Gasteiger partial charge in [-0.3, -0.25) is 4.79 Å². The number of amides is 1. The molecule has 6 nitrogen and oxygen atoms in total. The first-order valence-corrected chi connectivity index (χ1v) is 13.6. The predicted octanol–water partition coefficient (Wildman–Crippen LogP) is 4.91. The number of benzene rings is 2. The Morgan fingerprint density at radius 1 is 1.08 bits per heavy atom. The van der Waals surface area contributed by atoms with Crippen LogP contribution in [0.5, 0.6) is 5.75 Å². The van der Waals surface area contributed by atoms with Crippen molar-refractivity contribution in [2.24, 2.45) is 23.0 Å². The first kappa shape index (κ1) is 28.0. The van der Waals surface area contributed by atoms with Crippen molar-refractivity contribution in [2.45, 2.75) is 76.4 Å².